The second-order valence-electron chi connectivity index (χ2n) is 8.46. The van der Waals surface area contributed by atoms with E-state index in [1.807, 2.05) is 55.5 Å². The lowest BCUT2D eigenvalue weighted by molar-refractivity contribution is -0.126. The number of carbonyl (C=O) groups is 1. The van der Waals surface area contributed by atoms with Crippen molar-refractivity contribution in [3.8, 4) is 17.6 Å². The lowest BCUT2D eigenvalue weighted by Crippen LogP contribution is -2.49. The van der Waals surface area contributed by atoms with E-state index in [-0.39, 0.29) is 11.5 Å². The molecular formula is C29H27ClIN3O3. The number of rotatable bonds is 8. The van der Waals surface area contributed by atoms with Gasteiger partial charge in [-0.05, 0) is 83.1 Å². The first-order valence-corrected chi connectivity index (χ1v) is 13.5. The van der Waals surface area contributed by atoms with Crippen molar-refractivity contribution in [2.45, 2.75) is 13.5 Å². The summed E-state index contributed by atoms with van der Waals surface area (Å²) >= 11 is 8.16. The predicted molar refractivity (Wildman–Crippen MR) is 155 cm³/mol. The Morgan fingerprint density at radius 1 is 1.05 bits per heavy atom. The Labute approximate surface area is 236 Å². The number of hydrogen-bond acceptors (Lipinski definition) is 5. The first kappa shape index (κ1) is 26.8. The van der Waals surface area contributed by atoms with Crippen LogP contribution in [0.3, 0.4) is 0 Å². The van der Waals surface area contributed by atoms with E-state index >= 15 is 0 Å². The third-order valence-electron chi connectivity index (χ3n) is 5.98. The normalized spacial score (nSPS) is 13.7. The Hall–Kier alpha value is -3.22. The molecule has 4 rings (SSSR count). The molecule has 0 radical (unpaired) electrons. The number of amides is 1. The minimum absolute atomic E-state index is 0.0984. The highest BCUT2D eigenvalue weighted by Gasteiger charge is 2.24. The van der Waals surface area contributed by atoms with Crippen molar-refractivity contribution in [2.75, 3.05) is 37.7 Å². The van der Waals surface area contributed by atoms with Crippen molar-refractivity contribution >= 4 is 51.9 Å². The summed E-state index contributed by atoms with van der Waals surface area (Å²) in [7, 11) is 0. The van der Waals surface area contributed by atoms with Gasteiger partial charge in [-0.25, -0.2) is 0 Å². The van der Waals surface area contributed by atoms with Crippen LogP contribution in [0.15, 0.2) is 72.3 Å². The molecule has 0 aliphatic carbocycles. The van der Waals surface area contributed by atoms with Gasteiger partial charge in [0.05, 0.1) is 10.2 Å². The molecule has 0 unspecified atom stereocenters. The molecule has 3 aromatic carbocycles. The number of nitrogens with zero attached hydrogens (tertiary/aromatic N) is 3. The number of para-hydroxylation sites is 1. The van der Waals surface area contributed by atoms with E-state index in [4.69, 9.17) is 21.1 Å². The van der Waals surface area contributed by atoms with Gasteiger partial charge in [-0.1, -0.05) is 41.9 Å². The number of benzene rings is 3. The van der Waals surface area contributed by atoms with E-state index in [1.165, 1.54) is 0 Å². The maximum atomic E-state index is 13.2. The molecule has 1 heterocycles. The summed E-state index contributed by atoms with van der Waals surface area (Å²) in [4.78, 5) is 17.2. The molecule has 1 saturated heterocycles. The van der Waals surface area contributed by atoms with Gasteiger partial charge >= 0.3 is 0 Å². The zero-order chi connectivity index (χ0) is 26.2. The second-order valence-corrected chi connectivity index (χ2v) is 10.1. The van der Waals surface area contributed by atoms with Crippen molar-refractivity contribution in [2.24, 2.45) is 0 Å². The SMILES string of the molecule is CCOc1cc(/C=C(/C#N)C(=O)N2CCN(c3ccccc3)CC2)cc(I)c1OCc1ccc(Cl)cc1. The van der Waals surface area contributed by atoms with Gasteiger partial charge in [0.15, 0.2) is 11.5 Å². The van der Waals surface area contributed by atoms with Crippen LogP contribution in [-0.2, 0) is 11.4 Å². The van der Waals surface area contributed by atoms with E-state index in [1.54, 1.807) is 17.0 Å². The smallest absolute Gasteiger partial charge is 0.264 e. The van der Waals surface area contributed by atoms with Crippen LogP contribution in [0.1, 0.15) is 18.1 Å². The average molecular weight is 628 g/mol. The molecule has 1 fully saturated rings. The Bertz CT molecular complexity index is 1300. The summed E-state index contributed by atoms with van der Waals surface area (Å²) in [6, 6.07) is 23.4. The molecule has 0 aromatic heterocycles. The van der Waals surface area contributed by atoms with Crippen LogP contribution in [0.25, 0.3) is 6.08 Å². The van der Waals surface area contributed by atoms with E-state index in [0.717, 1.165) is 27.9 Å². The highest BCUT2D eigenvalue weighted by atomic mass is 127. The minimum Gasteiger partial charge on any atom is -0.490 e. The number of ether oxygens (including phenoxy) is 2. The molecule has 0 atom stereocenters. The molecule has 6 nitrogen and oxygen atoms in total. The summed E-state index contributed by atoms with van der Waals surface area (Å²) in [5.41, 5.74) is 2.93. The third kappa shape index (κ3) is 6.96. The van der Waals surface area contributed by atoms with E-state index in [9.17, 15) is 10.1 Å². The van der Waals surface area contributed by atoms with Gasteiger partial charge in [0, 0.05) is 36.9 Å². The molecule has 0 spiro atoms. The largest absolute Gasteiger partial charge is 0.490 e. The fraction of sp³-hybridized carbons (Fsp3) is 0.241. The number of hydrogen-bond donors (Lipinski definition) is 0. The average Bonchev–Trinajstić information content (AvgIpc) is 2.92. The fourth-order valence-corrected chi connectivity index (χ4v) is 5.00. The third-order valence-corrected chi connectivity index (χ3v) is 7.03. The predicted octanol–water partition coefficient (Wildman–Crippen LogP) is 6.18. The van der Waals surface area contributed by atoms with Crippen molar-refractivity contribution < 1.29 is 14.3 Å². The van der Waals surface area contributed by atoms with E-state index in [2.05, 4.69) is 45.7 Å². The number of nitriles is 1. The maximum Gasteiger partial charge on any atom is 0.264 e. The number of anilines is 1. The zero-order valence-corrected chi connectivity index (χ0v) is 23.4. The van der Waals surface area contributed by atoms with Gasteiger partial charge < -0.3 is 19.3 Å². The molecular weight excluding hydrogens is 601 g/mol. The standard InChI is InChI=1S/C29H27ClIN3O3/c1-2-36-27-18-22(17-26(31)28(27)37-20-21-8-10-24(30)11-9-21)16-23(19-32)29(35)34-14-12-33(13-15-34)25-6-4-3-5-7-25/h3-11,16-18H,2,12-15,20H2,1H3/b23-16-. The summed E-state index contributed by atoms with van der Waals surface area (Å²) < 4.78 is 12.8. The summed E-state index contributed by atoms with van der Waals surface area (Å²) in [5.74, 6) is 0.929. The Morgan fingerprint density at radius 3 is 2.41 bits per heavy atom. The molecule has 0 N–H and O–H groups in total. The number of halogens is 2. The molecule has 0 bridgehead atoms. The second kappa shape index (κ2) is 12.8. The van der Waals surface area contributed by atoms with Crippen LogP contribution in [0, 0.1) is 14.9 Å². The van der Waals surface area contributed by atoms with Gasteiger partial charge in [0.1, 0.15) is 18.2 Å². The molecule has 190 valence electrons. The maximum absolute atomic E-state index is 13.2. The van der Waals surface area contributed by atoms with Crippen molar-refractivity contribution in [1.29, 1.82) is 5.26 Å². The highest BCUT2D eigenvalue weighted by molar-refractivity contribution is 14.1. The fourth-order valence-electron chi connectivity index (χ4n) is 4.10. The Balaban J connectivity index is 1.48. The molecule has 1 aliphatic heterocycles. The first-order valence-electron chi connectivity index (χ1n) is 12.0. The molecule has 3 aromatic rings. The van der Waals surface area contributed by atoms with Crippen LogP contribution in [-0.4, -0.2) is 43.6 Å². The van der Waals surface area contributed by atoms with Crippen LogP contribution in [0.4, 0.5) is 5.69 Å². The molecule has 37 heavy (non-hydrogen) atoms. The molecule has 1 aliphatic rings. The van der Waals surface area contributed by atoms with Gasteiger partial charge in [-0.3, -0.25) is 4.79 Å². The number of carbonyl (C=O) groups excluding carboxylic acids is 1. The van der Waals surface area contributed by atoms with Gasteiger partial charge in [-0.2, -0.15) is 5.26 Å². The van der Waals surface area contributed by atoms with Crippen LogP contribution in [0.2, 0.25) is 5.02 Å². The Kier molecular flexibility index (Phi) is 9.31. The van der Waals surface area contributed by atoms with Crippen molar-refractivity contribution in [3.63, 3.8) is 0 Å². The monoisotopic (exact) mass is 627 g/mol. The van der Waals surface area contributed by atoms with Gasteiger partial charge in [0.25, 0.3) is 5.91 Å². The van der Waals surface area contributed by atoms with Crippen LogP contribution in [0.5, 0.6) is 11.5 Å². The van der Waals surface area contributed by atoms with Gasteiger partial charge in [0.2, 0.25) is 0 Å². The first-order chi connectivity index (χ1) is 18.0. The number of piperazine rings is 1. The topological polar surface area (TPSA) is 65.8 Å². The van der Waals surface area contributed by atoms with Crippen LogP contribution < -0.4 is 14.4 Å². The zero-order valence-electron chi connectivity index (χ0n) is 20.5. The quantitative estimate of drug-likeness (QED) is 0.170. The van der Waals surface area contributed by atoms with Crippen LogP contribution >= 0.6 is 34.2 Å². The van der Waals surface area contributed by atoms with E-state index < -0.39 is 0 Å². The lowest BCUT2D eigenvalue weighted by atomic mass is 10.1. The summed E-state index contributed by atoms with van der Waals surface area (Å²) in [6.07, 6.45) is 1.62. The molecule has 8 heteroatoms. The molecule has 0 saturated carbocycles. The minimum atomic E-state index is -0.258. The lowest BCUT2D eigenvalue weighted by Gasteiger charge is -2.36. The van der Waals surface area contributed by atoms with E-state index in [0.29, 0.717) is 48.4 Å². The van der Waals surface area contributed by atoms with Crippen molar-refractivity contribution in [3.05, 3.63) is 92.0 Å². The molecule has 1 amide bonds. The van der Waals surface area contributed by atoms with Gasteiger partial charge in [-0.15, -0.1) is 0 Å². The van der Waals surface area contributed by atoms with Crippen molar-refractivity contribution in [1.82, 2.24) is 4.90 Å². The summed E-state index contributed by atoms with van der Waals surface area (Å²) in [5, 5.41) is 10.5. The Morgan fingerprint density at radius 2 is 1.76 bits per heavy atom. The highest BCUT2D eigenvalue weighted by Crippen LogP contribution is 2.35. The summed E-state index contributed by atoms with van der Waals surface area (Å²) in [6.45, 7) is 5.28.